The molecule has 2 amide bonds. The molecule has 1 heterocycles. The Bertz CT molecular complexity index is 1290. The van der Waals surface area contributed by atoms with Gasteiger partial charge in [0.05, 0.1) is 11.1 Å². The fraction of sp³-hybridized carbons (Fsp3) is 0.154. The van der Waals surface area contributed by atoms with Crippen LogP contribution in [0, 0.1) is 6.92 Å². The molecule has 0 spiro atoms. The lowest BCUT2D eigenvalue weighted by molar-refractivity contribution is 0.0911. The number of nitrogens with two attached hydrogens (primary N) is 1. The maximum Gasteiger partial charge on any atom is 0.252 e. The lowest BCUT2D eigenvalue weighted by atomic mass is 9.93. The summed E-state index contributed by atoms with van der Waals surface area (Å²) in [6.45, 7) is 5.88. The molecule has 0 radical (unpaired) electrons. The summed E-state index contributed by atoms with van der Waals surface area (Å²) >= 11 is 0. The molecule has 0 saturated heterocycles. The second-order valence-corrected chi connectivity index (χ2v) is 8.15. The van der Waals surface area contributed by atoms with E-state index in [9.17, 15) is 9.59 Å². The van der Waals surface area contributed by atoms with Crippen LogP contribution in [0.4, 0.5) is 0 Å². The summed E-state index contributed by atoms with van der Waals surface area (Å²) in [6.07, 6.45) is 1.39. The summed E-state index contributed by atoms with van der Waals surface area (Å²) in [4.78, 5) is 24.8. The number of hydrogen-bond acceptors (Lipinski definition) is 3. The van der Waals surface area contributed by atoms with Crippen LogP contribution in [0.1, 0.15) is 45.7 Å². The highest BCUT2D eigenvalue weighted by Crippen LogP contribution is 2.33. The van der Waals surface area contributed by atoms with Crippen molar-refractivity contribution < 1.29 is 14.0 Å². The largest absolute Gasteiger partial charge is 0.463 e. The molecule has 0 atom stereocenters. The Morgan fingerprint density at radius 2 is 1.71 bits per heavy atom. The Labute approximate surface area is 180 Å². The average molecular weight is 412 g/mol. The standard InChI is InChI=1S/C26H24N2O3/c1-16-20(12-13-22-23(16)21(15-31-22)24(27)29)17-8-7-9-18(14-17)25(30)28-26(2,3)19-10-5-4-6-11-19/h4-15H,1-3H3,(H2,27,29)(H,28,30). The van der Waals surface area contributed by atoms with Gasteiger partial charge in [0.15, 0.2) is 0 Å². The molecule has 31 heavy (non-hydrogen) atoms. The molecule has 0 fully saturated rings. The molecule has 3 N–H and O–H groups in total. The Balaban J connectivity index is 1.69. The quantitative estimate of drug-likeness (QED) is 0.474. The van der Waals surface area contributed by atoms with Crippen molar-refractivity contribution in [2.24, 2.45) is 5.73 Å². The van der Waals surface area contributed by atoms with Gasteiger partial charge >= 0.3 is 0 Å². The summed E-state index contributed by atoms with van der Waals surface area (Å²) in [5, 5.41) is 3.82. The van der Waals surface area contributed by atoms with E-state index in [2.05, 4.69) is 5.32 Å². The first-order chi connectivity index (χ1) is 14.8. The number of furan rings is 1. The van der Waals surface area contributed by atoms with Crippen LogP contribution >= 0.6 is 0 Å². The molecule has 156 valence electrons. The normalized spacial score (nSPS) is 11.5. The summed E-state index contributed by atoms with van der Waals surface area (Å²) in [5.41, 5.74) is 10.2. The van der Waals surface area contributed by atoms with Crippen LogP contribution in [0.3, 0.4) is 0 Å². The minimum absolute atomic E-state index is 0.157. The van der Waals surface area contributed by atoms with Crippen LogP contribution in [0.2, 0.25) is 0 Å². The molecule has 0 saturated carbocycles. The molecular formula is C26H24N2O3. The number of amides is 2. The Kier molecular flexibility index (Phi) is 5.11. The number of primary amides is 1. The highest BCUT2D eigenvalue weighted by Gasteiger charge is 2.23. The van der Waals surface area contributed by atoms with Gasteiger partial charge in [0.1, 0.15) is 11.8 Å². The molecule has 4 aromatic rings. The van der Waals surface area contributed by atoms with Crippen molar-refractivity contribution >= 4 is 22.8 Å². The molecule has 5 heteroatoms. The van der Waals surface area contributed by atoms with Crippen molar-refractivity contribution in [3.05, 3.63) is 95.2 Å². The molecule has 4 rings (SSSR count). The van der Waals surface area contributed by atoms with Gasteiger partial charge in [-0.3, -0.25) is 9.59 Å². The minimum atomic E-state index is -0.532. The molecule has 1 aromatic heterocycles. The Morgan fingerprint density at radius 3 is 2.42 bits per heavy atom. The predicted octanol–water partition coefficient (Wildman–Crippen LogP) is 5.17. The van der Waals surface area contributed by atoms with Gasteiger partial charge in [-0.05, 0) is 61.2 Å². The molecule has 5 nitrogen and oxygen atoms in total. The van der Waals surface area contributed by atoms with E-state index in [0.29, 0.717) is 22.1 Å². The van der Waals surface area contributed by atoms with Gasteiger partial charge in [-0.1, -0.05) is 48.5 Å². The average Bonchev–Trinajstić information content (AvgIpc) is 3.20. The first kappa shape index (κ1) is 20.4. The van der Waals surface area contributed by atoms with Gasteiger partial charge in [0.25, 0.3) is 11.8 Å². The lowest BCUT2D eigenvalue weighted by Crippen LogP contribution is -2.40. The highest BCUT2D eigenvalue weighted by molar-refractivity contribution is 6.08. The Hall–Kier alpha value is -3.86. The van der Waals surface area contributed by atoms with Gasteiger partial charge in [0.2, 0.25) is 0 Å². The van der Waals surface area contributed by atoms with Crippen molar-refractivity contribution in [3.8, 4) is 11.1 Å². The second kappa shape index (κ2) is 7.76. The SMILES string of the molecule is Cc1c(-c2cccc(C(=O)NC(C)(C)c3ccccc3)c2)ccc2occ(C(N)=O)c12. The van der Waals surface area contributed by atoms with E-state index < -0.39 is 11.4 Å². The summed E-state index contributed by atoms with van der Waals surface area (Å²) in [7, 11) is 0. The van der Waals surface area contributed by atoms with Crippen LogP contribution < -0.4 is 11.1 Å². The van der Waals surface area contributed by atoms with E-state index in [1.807, 2.05) is 81.4 Å². The number of aryl methyl sites for hydroxylation is 1. The van der Waals surface area contributed by atoms with Crippen LogP contribution in [0.5, 0.6) is 0 Å². The number of rotatable bonds is 5. The number of hydrogen-bond donors (Lipinski definition) is 2. The third-order valence-electron chi connectivity index (χ3n) is 5.62. The summed E-state index contributed by atoms with van der Waals surface area (Å²) < 4.78 is 5.48. The van der Waals surface area contributed by atoms with Crippen LogP contribution in [-0.2, 0) is 5.54 Å². The number of carbonyl (C=O) groups excluding carboxylic acids is 2. The van der Waals surface area contributed by atoms with E-state index >= 15 is 0 Å². The van der Waals surface area contributed by atoms with E-state index in [4.69, 9.17) is 10.2 Å². The smallest absolute Gasteiger partial charge is 0.252 e. The molecule has 0 aliphatic carbocycles. The van der Waals surface area contributed by atoms with Crippen molar-refractivity contribution in [1.29, 1.82) is 0 Å². The lowest BCUT2D eigenvalue weighted by Gasteiger charge is -2.27. The van der Waals surface area contributed by atoms with Gasteiger partial charge in [-0.25, -0.2) is 0 Å². The first-order valence-electron chi connectivity index (χ1n) is 10.1. The molecule has 0 aliphatic heterocycles. The van der Waals surface area contributed by atoms with Crippen molar-refractivity contribution in [2.75, 3.05) is 0 Å². The van der Waals surface area contributed by atoms with Crippen molar-refractivity contribution in [1.82, 2.24) is 5.32 Å². The van der Waals surface area contributed by atoms with Crippen molar-refractivity contribution in [2.45, 2.75) is 26.3 Å². The van der Waals surface area contributed by atoms with Gasteiger partial charge < -0.3 is 15.5 Å². The number of carbonyl (C=O) groups is 2. The monoisotopic (exact) mass is 412 g/mol. The molecule has 0 aliphatic rings. The zero-order valence-corrected chi connectivity index (χ0v) is 17.7. The fourth-order valence-electron chi connectivity index (χ4n) is 3.91. The third kappa shape index (κ3) is 3.82. The van der Waals surface area contributed by atoms with Crippen LogP contribution in [-0.4, -0.2) is 11.8 Å². The fourth-order valence-corrected chi connectivity index (χ4v) is 3.91. The van der Waals surface area contributed by atoms with Gasteiger partial charge in [-0.15, -0.1) is 0 Å². The summed E-state index contributed by atoms with van der Waals surface area (Å²) in [5.74, 6) is -0.689. The third-order valence-corrected chi connectivity index (χ3v) is 5.62. The molecular weight excluding hydrogens is 388 g/mol. The first-order valence-corrected chi connectivity index (χ1v) is 10.1. The van der Waals surface area contributed by atoms with Crippen LogP contribution in [0.15, 0.2) is 77.4 Å². The van der Waals surface area contributed by atoms with E-state index in [0.717, 1.165) is 22.3 Å². The maximum atomic E-state index is 13.0. The van der Waals surface area contributed by atoms with Gasteiger partial charge in [-0.2, -0.15) is 0 Å². The predicted molar refractivity (Wildman–Crippen MR) is 122 cm³/mol. The highest BCUT2D eigenvalue weighted by atomic mass is 16.3. The maximum absolute atomic E-state index is 13.0. The van der Waals surface area contributed by atoms with E-state index in [-0.39, 0.29) is 5.91 Å². The molecule has 0 bridgehead atoms. The van der Waals surface area contributed by atoms with Gasteiger partial charge in [0, 0.05) is 10.9 Å². The topological polar surface area (TPSA) is 85.3 Å². The number of benzene rings is 3. The number of fused-ring (bicyclic) bond motifs is 1. The Morgan fingerprint density at radius 1 is 0.968 bits per heavy atom. The van der Waals surface area contributed by atoms with E-state index in [1.54, 1.807) is 6.07 Å². The molecule has 0 unspecified atom stereocenters. The zero-order chi connectivity index (χ0) is 22.2. The van der Waals surface area contributed by atoms with Crippen molar-refractivity contribution in [3.63, 3.8) is 0 Å². The van der Waals surface area contributed by atoms with E-state index in [1.165, 1.54) is 6.26 Å². The van der Waals surface area contributed by atoms with Crippen LogP contribution in [0.25, 0.3) is 22.1 Å². The molecule has 3 aromatic carbocycles. The second-order valence-electron chi connectivity index (χ2n) is 8.15. The minimum Gasteiger partial charge on any atom is -0.463 e. The number of nitrogens with one attached hydrogen (secondary N) is 1. The summed E-state index contributed by atoms with van der Waals surface area (Å²) in [6, 6.07) is 21.0. The zero-order valence-electron chi connectivity index (χ0n) is 17.7.